The second-order valence-electron chi connectivity index (χ2n) is 4.65. The standard InChI is InChI=1S/C13H22N4/c1-3-16-6-7-17(10-11(16)2)13-8-12(9-14)4-5-15-13/h4-5,8,11H,3,6-7,9-10,14H2,1-2H3. The molecule has 4 heteroatoms. The highest BCUT2D eigenvalue weighted by Gasteiger charge is 2.22. The van der Waals surface area contributed by atoms with Gasteiger partial charge < -0.3 is 10.6 Å². The lowest BCUT2D eigenvalue weighted by atomic mass is 10.2. The fraction of sp³-hybridized carbons (Fsp3) is 0.615. The number of nitrogens with zero attached hydrogens (tertiary/aromatic N) is 3. The zero-order valence-corrected chi connectivity index (χ0v) is 10.8. The number of pyridine rings is 1. The van der Waals surface area contributed by atoms with E-state index in [0.29, 0.717) is 12.6 Å². The van der Waals surface area contributed by atoms with E-state index < -0.39 is 0 Å². The van der Waals surface area contributed by atoms with Crippen molar-refractivity contribution in [2.24, 2.45) is 5.73 Å². The smallest absolute Gasteiger partial charge is 0.128 e. The summed E-state index contributed by atoms with van der Waals surface area (Å²) in [7, 11) is 0. The van der Waals surface area contributed by atoms with Gasteiger partial charge in [0.2, 0.25) is 0 Å². The molecule has 2 rings (SSSR count). The topological polar surface area (TPSA) is 45.4 Å². The molecule has 1 atom stereocenters. The summed E-state index contributed by atoms with van der Waals surface area (Å²) in [6.45, 7) is 9.44. The number of hydrogen-bond acceptors (Lipinski definition) is 4. The normalized spacial score (nSPS) is 21.8. The van der Waals surface area contributed by atoms with Crippen LogP contribution in [0, 0.1) is 0 Å². The molecule has 0 spiro atoms. The molecule has 0 amide bonds. The van der Waals surface area contributed by atoms with Crippen molar-refractivity contribution in [1.29, 1.82) is 0 Å². The third kappa shape index (κ3) is 2.76. The van der Waals surface area contributed by atoms with Gasteiger partial charge in [-0.3, -0.25) is 4.90 Å². The number of rotatable bonds is 3. The molecule has 94 valence electrons. The minimum atomic E-state index is 0.583. The van der Waals surface area contributed by atoms with E-state index in [9.17, 15) is 0 Å². The Morgan fingerprint density at radius 3 is 2.94 bits per heavy atom. The quantitative estimate of drug-likeness (QED) is 0.850. The maximum atomic E-state index is 5.66. The van der Waals surface area contributed by atoms with E-state index in [4.69, 9.17) is 5.73 Å². The molecule has 1 fully saturated rings. The van der Waals surface area contributed by atoms with Gasteiger partial charge in [-0.25, -0.2) is 4.98 Å². The highest BCUT2D eigenvalue weighted by molar-refractivity contribution is 5.41. The van der Waals surface area contributed by atoms with Gasteiger partial charge in [-0.05, 0) is 31.2 Å². The Morgan fingerprint density at radius 1 is 1.47 bits per heavy atom. The third-order valence-electron chi connectivity index (χ3n) is 3.54. The molecule has 1 aromatic heterocycles. The third-order valence-corrected chi connectivity index (χ3v) is 3.54. The Balaban J connectivity index is 2.08. The summed E-state index contributed by atoms with van der Waals surface area (Å²) in [5, 5.41) is 0. The summed E-state index contributed by atoms with van der Waals surface area (Å²) >= 11 is 0. The van der Waals surface area contributed by atoms with Crippen LogP contribution in [0.3, 0.4) is 0 Å². The lowest BCUT2D eigenvalue weighted by molar-refractivity contribution is 0.199. The number of nitrogens with two attached hydrogens (primary N) is 1. The number of aromatic nitrogens is 1. The van der Waals surface area contributed by atoms with Crippen molar-refractivity contribution >= 4 is 5.82 Å². The van der Waals surface area contributed by atoms with Gasteiger partial charge in [0, 0.05) is 38.4 Å². The molecule has 0 aliphatic carbocycles. The summed E-state index contributed by atoms with van der Waals surface area (Å²) < 4.78 is 0. The lowest BCUT2D eigenvalue weighted by Gasteiger charge is -2.40. The first-order chi connectivity index (χ1) is 8.24. The highest BCUT2D eigenvalue weighted by Crippen LogP contribution is 2.17. The van der Waals surface area contributed by atoms with Crippen molar-refractivity contribution < 1.29 is 0 Å². The molecule has 0 saturated carbocycles. The average Bonchev–Trinajstić information content (AvgIpc) is 2.38. The second kappa shape index (κ2) is 5.47. The zero-order valence-electron chi connectivity index (χ0n) is 10.8. The molecule has 1 aliphatic heterocycles. The zero-order chi connectivity index (χ0) is 12.3. The molecule has 0 radical (unpaired) electrons. The van der Waals surface area contributed by atoms with Crippen molar-refractivity contribution in [2.45, 2.75) is 26.4 Å². The molecular weight excluding hydrogens is 212 g/mol. The maximum Gasteiger partial charge on any atom is 0.128 e. The number of anilines is 1. The summed E-state index contributed by atoms with van der Waals surface area (Å²) in [6.07, 6.45) is 1.86. The van der Waals surface area contributed by atoms with Gasteiger partial charge in [0.15, 0.2) is 0 Å². The monoisotopic (exact) mass is 234 g/mol. The van der Waals surface area contributed by atoms with Gasteiger partial charge in [-0.2, -0.15) is 0 Å². The Labute approximate surface area is 103 Å². The fourth-order valence-corrected chi connectivity index (χ4v) is 2.43. The first kappa shape index (κ1) is 12.3. The van der Waals surface area contributed by atoms with E-state index in [-0.39, 0.29) is 0 Å². The van der Waals surface area contributed by atoms with Crippen molar-refractivity contribution in [3.8, 4) is 0 Å². The predicted molar refractivity (Wildman–Crippen MR) is 71.1 cm³/mol. The maximum absolute atomic E-state index is 5.66. The van der Waals surface area contributed by atoms with Crippen LogP contribution < -0.4 is 10.6 Å². The van der Waals surface area contributed by atoms with Crippen LogP contribution in [0.5, 0.6) is 0 Å². The first-order valence-corrected chi connectivity index (χ1v) is 6.38. The fourth-order valence-electron chi connectivity index (χ4n) is 2.43. The Morgan fingerprint density at radius 2 is 2.29 bits per heavy atom. The van der Waals surface area contributed by atoms with Crippen molar-refractivity contribution in [2.75, 3.05) is 31.1 Å². The molecular formula is C13H22N4. The Hall–Kier alpha value is -1.13. The molecule has 1 aromatic rings. The molecule has 17 heavy (non-hydrogen) atoms. The van der Waals surface area contributed by atoms with Crippen LogP contribution in [0.1, 0.15) is 19.4 Å². The van der Waals surface area contributed by atoms with Crippen molar-refractivity contribution in [3.05, 3.63) is 23.9 Å². The van der Waals surface area contributed by atoms with Crippen molar-refractivity contribution in [1.82, 2.24) is 9.88 Å². The van der Waals surface area contributed by atoms with Crippen LogP contribution in [0.15, 0.2) is 18.3 Å². The highest BCUT2D eigenvalue weighted by atomic mass is 15.3. The molecule has 1 unspecified atom stereocenters. The summed E-state index contributed by atoms with van der Waals surface area (Å²) in [5.74, 6) is 1.07. The SMILES string of the molecule is CCN1CCN(c2cc(CN)ccn2)CC1C. The Bertz CT molecular complexity index is 366. The van der Waals surface area contributed by atoms with Crippen LogP contribution in [0.2, 0.25) is 0 Å². The summed E-state index contributed by atoms with van der Waals surface area (Å²) in [5.41, 5.74) is 6.82. The van der Waals surface area contributed by atoms with Crippen molar-refractivity contribution in [3.63, 3.8) is 0 Å². The Kier molecular flexibility index (Phi) is 3.97. The van der Waals surface area contributed by atoms with Crippen LogP contribution >= 0.6 is 0 Å². The van der Waals surface area contributed by atoms with E-state index in [1.165, 1.54) is 0 Å². The predicted octanol–water partition coefficient (Wildman–Crippen LogP) is 1.07. The van der Waals surface area contributed by atoms with Gasteiger partial charge in [0.05, 0.1) is 0 Å². The number of hydrogen-bond donors (Lipinski definition) is 1. The van der Waals surface area contributed by atoms with E-state index in [1.807, 2.05) is 12.3 Å². The van der Waals surface area contributed by atoms with E-state index >= 15 is 0 Å². The van der Waals surface area contributed by atoms with Gasteiger partial charge in [-0.15, -0.1) is 0 Å². The number of likely N-dealkylation sites (N-methyl/N-ethyl adjacent to an activating group) is 1. The van der Waals surface area contributed by atoms with Crippen LogP contribution in [-0.2, 0) is 6.54 Å². The van der Waals surface area contributed by atoms with Gasteiger partial charge in [0.25, 0.3) is 0 Å². The van der Waals surface area contributed by atoms with E-state index in [0.717, 1.165) is 37.6 Å². The first-order valence-electron chi connectivity index (χ1n) is 6.38. The lowest BCUT2D eigenvalue weighted by Crippen LogP contribution is -2.52. The van der Waals surface area contributed by atoms with Gasteiger partial charge in [0.1, 0.15) is 5.82 Å². The minimum Gasteiger partial charge on any atom is -0.354 e. The minimum absolute atomic E-state index is 0.583. The summed E-state index contributed by atoms with van der Waals surface area (Å²) in [4.78, 5) is 9.31. The molecule has 1 saturated heterocycles. The number of piperazine rings is 1. The van der Waals surface area contributed by atoms with Crippen LogP contribution in [0.4, 0.5) is 5.82 Å². The van der Waals surface area contributed by atoms with Gasteiger partial charge in [-0.1, -0.05) is 6.92 Å². The molecule has 0 aromatic carbocycles. The largest absolute Gasteiger partial charge is 0.354 e. The van der Waals surface area contributed by atoms with E-state index in [2.05, 4.69) is 34.7 Å². The van der Waals surface area contributed by atoms with Crippen LogP contribution in [0.25, 0.3) is 0 Å². The van der Waals surface area contributed by atoms with Gasteiger partial charge >= 0.3 is 0 Å². The average molecular weight is 234 g/mol. The molecule has 0 bridgehead atoms. The molecule has 1 aliphatic rings. The van der Waals surface area contributed by atoms with E-state index in [1.54, 1.807) is 0 Å². The van der Waals surface area contributed by atoms with Crippen LogP contribution in [-0.4, -0.2) is 42.1 Å². The molecule has 2 heterocycles. The molecule has 2 N–H and O–H groups in total. The second-order valence-corrected chi connectivity index (χ2v) is 4.65. The molecule has 4 nitrogen and oxygen atoms in total. The summed E-state index contributed by atoms with van der Waals surface area (Å²) in [6, 6.07) is 4.68.